The summed E-state index contributed by atoms with van der Waals surface area (Å²) < 4.78 is 6.09. The quantitative estimate of drug-likeness (QED) is 0.799. The first-order valence-corrected chi connectivity index (χ1v) is 5.50. The van der Waals surface area contributed by atoms with Gasteiger partial charge in [-0.3, -0.25) is 4.98 Å². The van der Waals surface area contributed by atoms with Gasteiger partial charge < -0.3 is 4.42 Å². The number of hydrogen-bond donors (Lipinski definition) is 1. The molecule has 0 radical (unpaired) electrons. The molecule has 4 heteroatoms. The number of fused-ring (bicyclic) bond motifs is 1. The second kappa shape index (κ2) is 3.23. The summed E-state index contributed by atoms with van der Waals surface area (Å²) in [5.41, 5.74) is 2.35. The smallest absolute Gasteiger partial charge is 0.408 e. The Morgan fingerprint density at radius 2 is 2.00 bits per heavy atom. The first kappa shape index (κ1) is 10.5. The Kier molecular flexibility index (Phi) is 2.26. The molecule has 0 spiro atoms. The number of halogens is 1. The summed E-state index contributed by atoms with van der Waals surface area (Å²) in [6, 6.07) is 3.83. The van der Waals surface area contributed by atoms with Crippen LogP contribution in [0.5, 0.6) is 0 Å². The Bertz CT molecular complexity index is 560. The van der Waals surface area contributed by atoms with Crippen molar-refractivity contribution in [2.45, 2.75) is 26.2 Å². The molecule has 1 heterocycles. The topological polar surface area (TPSA) is 46.0 Å². The van der Waals surface area contributed by atoms with Crippen molar-refractivity contribution in [3.63, 3.8) is 0 Å². The van der Waals surface area contributed by atoms with Gasteiger partial charge in [0.2, 0.25) is 0 Å². The van der Waals surface area contributed by atoms with Crippen LogP contribution in [-0.4, -0.2) is 4.98 Å². The number of aromatic nitrogens is 1. The van der Waals surface area contributed by atoms with Gasteiger partial charge in [0, 0.05) is 10.0 Å². The van der Waals surface area contributed by atoms with Gasteiger partial charge in [0.05, 0.1) is 5.52 Å². The van der Waals surface area contributed by atoms with Gasteiger partial charge in [0.1, 0.15) is 0 Å². The Balaban J connectivity index is 2.88. The number of oxazole rings is 1. The van der Waals surface area contributed by atoms with Crippen molar-refractivity contribution in [1.82, 2.24) is 4.98 Å². The minimum absolute atomic E-state index is 0.0554. The maximum atomic E-state index is 11.1. The van der Waals surface area contributed by atoms with Crippen molar-refractivity contribution >= 4 is 27.0 Å². The van der Waals surface area contributed by atoms with Crippen LogP contribution in [-0.2, 0) is 5.41 Å². The standard InChI is InChI=1S/C11H12BrNO2/c1-11(2,3)7-4-6(12)5-8-9(7)15-10(14)13-8/h4-5H,1-3H3,(H,13,14). The van der Waals surface area contributed by atoms with Gasteiger partial charge in [0.25, 0.3) is 0 Å². The highest BCUT2D eigenvalue weighted by molar-refractivity contribution is 9.10. The van der Waals surface area contributed by atoms with Gasteiger partial charge in [-0.05, 0) is 17.5 Å². The van der Waals surface area contributed by atoms with E-state index in [0.29, 0.717) is 5.58 Å². The normalized spacial score (nSPS) is 12.3. The maximum absolute atomic E-state index is 11.1. The van der Waals surface area contributed by atoms with Gasteiger partial charge in [-0.25, -0.2) is 4.79 Å². The molecule has 0 aliphatic rings. The number of H-pyrrole nitrogens is 1. The molecule has 0 saturated heterocycles. The number of aromatic amines is 1. The number of nitrogens with one attached hydrogen (secondary N) is 1. The van der Waals surface area contributed by atoms with E-state index >= 15 is 0 Å². The predicted octanol–water partition coefficient (Wildman–Crippen LogP) is 3.18. The molecule has 2 aromatic rings. The molecule has 2 rings (SSSR count). The average Bonchev–Trinajstić information content (AvgIpc) is 2.41. The second-order valence-corrected chi connectivity index (χ2v) is 5.51. The van der Waals surface area contributed by atoms with Gasteiger partial charge in [-0.2, -0.15) is 0 Å². The first-order chi connectivity index (χ1) is 6.88. The molecule has 1 aromatic carbocycles. The monoisotopic (exact) mass is 269 g/mol. The zero-order valence-electron chi connectivity index (χ0n) is 8.85. The Labute approximate surface area is 95.6 Å². The number of benzene rings is 1. The zero-order valence-corrected chi connectivity index (χ0v) is 10.4. The summed E-state index contributed by atoms with van der Waals surface area (Å²) in [5, 5.41) is 0. The van der Waals surface area contributed by atoms with Gasteiger partial charge >= 0.3 is 5.76 Å². The van der Waals surface area contributed by atoms with Crippen LogP contribution in [0.2, 0.25) is 0 Å². The van der Waals surface area contributed by atoms with E-state index in [1.165, 1.54) is 0 Å². The van der Waals surface area contributed by atoms with E-state index < -0.39 is 5.76 Å². The van der Waals surface area contributed by atoms with E-state index in [0.717, 1.165) is 15.6 Å². The molecule has 15 heavy (non-hydrogen) atoms. The van der Waals surface area contributed by atoms with Gasteiger partial charge in [-0.15, -0.1) is 0 Å². The van der Waals surface area contributed by atoms with E-state index in [1.807, 2.05) is 12.1 Å². The second-order valence-electron chi connectivity index (χ2n) is 4.59. The van der Waals surface area contributed by atoms with Crippen LogP contribution in [0.15, 0.2) is 25.8 Å². The van der Waals surface area contributed by atoms with Crippen LogP contribution in [0.25, 0.3) is 11.1 Å². The lowest BCUT2D eigenvalue weighted by Gasteiger charge is -2.19. The van der Waals surface area contributed by atoms with Crippen molar-refractivity contribution in [3.05, 3.63) is 32.7 Å². The first-order valence-electron chi connectivity index (χ1n) is 4.71. The summed E-state index contributed by atoms with van der Waals surface area (Å²) in [6.45, 7) is 6.25. The molecule has 1 N–H and O–H groups in total. The summed E-state index contributed by atoms with van der Waals surface area (Å²) in [7, 11) is 0. The molecule has 0 aliphatic heterocycles. The van der Waals surface area contributed by atoms with Crippen molar-refractivity contribution in [2.24, 2.45) is 0 Å². The highest BCUT2D eigenvalue weighted by Crippen LogP contribution is 2.31. The molecule has 0 unspecified atom stereocenters. The molecule has 0 bridgehead atoms. The molecule has 3 nitrogen and oxygen atoms in total. The fourth-order valence-electron chi connectivity index (χ4n) is 1.58. The van der Waals surface area contributed by atoms with Crippen LogP contribution in [0.4, 0.5) is 0 Å². The van der Waals surface area contributed by atoms with Crippen molar-refractivity contribution < 1.29 is 4.42 Å². The van der Waals surface area contributed by atoms with Crippen molar-refractivity contribution in [2.75, 3.05) is 0 Å². The zero-order chi connectivity index (χ0) is 11.2. The van der Waals surface area contributed by atoms with Crippen LogP contribution in [0.1, 0.15) is 26.3 Å². The number of rotatable bonds is 0. The molecular formula is C11H12BrNO2. The van der Waals surface area contributed by atoms with E-state index in [1.54, 1.807) is 0 Å². The molecule has 0 amide bonds. The van der Waals surface area contributed by atoms with E-state index in [-0.39, 0.29) is 5.41 Å². The Hall–Kier alpha value is -1.03. The van der Waals surface area contributed by atoms with Crippen molar-refractivity contribution in [1.29, 1.82) is 0 Å². The van der Waals surface area contributed by atoms with Crippen LogP contribution >= 0.6 is 15.9 Å². The van der Waals surface area contributed by atoms with Crippen LogP contribution in [0.3, 0.4) is 0 Å². The van der Waals surface area contributed by atoms with E-state index in [2.05, 4.69) is 41.7 Å². The van der Waals surface area contributed by atoms with E-state index in [4.69, 9.17) is 4.42 Å². The van der Waals surface area contributed by atoms with E-state index in [9.17, 15) is 4.79 Å². The third-order valence-electron chi connectivity index (χ3n) is 2.29. The minimum Gasteiger partial charge on any atom is -0.408 e. The Morgan fingerprint density at radius 1 is 1.33 bits per heavy atom. The lowest BCUT2D eigenvalue weighted by atomic mass is 9.86. The lowest BCUT2D eigenvalue weighted by Crippen LogP contribution is -2.11. The highest BCUT2D eigenvalue weighted by atomic mass is 79.9. The molecule has 0 atom stereocenters. The van der Waals surface area contributed by atoms with Crippen LogP contribution < -0.4 is 5.76 Å². The summed E-state index contributed by atoms with van der Waals surface area (Å²) in [6.07, 6.45) is 0. The largest absolute Gasteiger partial charge is 0.417 e. The molecule has 80 valence electrons. The predicted molar refractivity (Wildman–Crippen MR) is 63.2 cm³/mol. The molecule has 1 aromatic heterocycles. The fourth-order valence-corrected chi connectivity index (χ4v) is 2.04. The van der Waals surface area contributed by atoms with Crippen molar-refractivity contribution in [3.8, 4) is 0 Å². The third kappa shape index (κ3) is 1.86. The summed E-state index contributed by atoms with van der Waals surface area (Å²) >= 11 is 3.42. The third-order valence-corrected chi connectivity index (χ3v) is 2.75. The number of hydrogen-bond acceptors (Lipinski definition) is 2. The Morgan fingerprint density at radius 3 is 2.60 bits per heavy atom. The van der Waals surface area contributed by atoms with Crippen LogP contribution in [0, 0.1) is 0 Å². The molecule has 0 saturated carbocycles. The SMILES string of the molecule is CC(C)(C)c1cc(Br)cc2[nH]c(=O)oc12. The highest BCUT2D eigenvalue weighted by Gasteiger charge is 2.20. The lowest BCUT2D eigenvalue weighted by molar-refractivity contribution is 0.528. The van der Waals surface area contributed by atoms with Gasteiger partial charge in [-0.1, -0.05) is 36.7 Å². The maximum Gasteiger partial charge on any atom is 0.417 e. The molecule has 0 aliphatic carbocycles. The summed E-state index contributed by atoms with van der Waals surface area (Å²) in [4.78, 5) is 13.8. The average molecular weight is 270 g/mol. The summed E-state index contributed by atoms with van der Waals surface area (Å²) in [5.74, 6) is -0.409. The fraction of sp³-hybridized carbons (Fsp3) is 0.364. The minimum atomic E-state index is -0.409. The molecular weight excluding hydrogens is 258 g/mol. The van der Waals surface area contributed by atoms with Gasteiger partial charge in [0.15, 0.2) is 5.58 Å². The molecule has 0 fully saturated rings.